The first-order chi connectivity index (χ1) is 15.6. The fourth-order valence-electron chi connectivity index (χ4n) is 6.13. The number of amides is 2. The number of ketones is 1. The molecule has 0 aromatic rings. The van der Waals surface area contributed by atoms with Gasteiger partial charge in [-0.05, 0) is 31.1 Å². The molecule has 7 atom stereocenters. The number of hydrogen-bond donors (Lipinski definition) is 3. The van der Waals surface area contributed by atoms with Gasteiger partial charge in [-0.15, -0.1) is 6.58 Å². The molecule has 1 saturated carbocycles. The zero-order valence-corrected chi connectivity index (χ0v) is 19.7. The van der Waals surface area contributed by atoms with Crippen LogP contribution in [0.15, 0.2) is 36.0 Å². The van der Waals surface area contributed by atoms with E-state index in [1.54, 1.807) is 18.2 Å². The number of Topliss-reactive ketones (excluding diaryl/α,β-unsaturated/α-hetero) is 1. The van der Waals surface area contributed by atoms with Crippen molar-refractivity contribution in [3.63, 3.8) is 0 Å². The van der Waals surface area contributed by atoms with Gasteiger partial charge in [-0.1, -0.05) is 58.3 Å². The van der Waals surface area contributed by atoms with Crippen LogP contribution < -0.4 is 5.32 Å². The third-order valence-electron chi connectivity index (χ3n) is 7.70. The average Bonchev–Trinajstić information content (AvgIpc) is 3.05. The van der Waals surface area contributed by atoms with Crippen LogP contribution in [0.2, 0.25) is 0 Å². The maximum atomic E-state index is 13.9. The third kappa shape index (κ3) is 4.60. The molecule has 0 aromatic heterocycles. The van der Waals surface area contributed by atoms with Gasteiger partial charge in [0.15, 0.2) is 5.78 Å². The van der Waals surface area contributed by atoms with Gasteiger partial charge in [0.05, 0.1) is 17.1 Å². The van der Waals surface area contributed by atoms with Crippen LogP contribution in [0.5, 0.6) is 0 Å². The van der Waals surface area contributed by atoms with E-state index in [4.69, 9.17) is 0 Å². The Hall–Kier alpha value is -2.54. The molecule has 7 nitrogen and oxygen atoms in total. The molecule has 0 aromatic carbocycles. The molecular formula is C26H35NO6. The van der Waals surface area contributed by atoms with Gasteiger partial charge in [0, 0.05) is 23.3 Å². The first-order valence-electron chi connectivity index (χ1n) is 12.0. The largest absolute Gasteiger partial charge is 0.481 e. The lowest BCUT2D eigenvalue weighted by molar-refractivity contribution is -0.155. The van der Waals surface area contributed by atoms with Gasteiger partial charge in [0.25, 0.3) is 11.8 Å². The number of rotatable bonds is 9. The van der Waals surface area contributed by atoms with Gasteiger partial charge in [-0.2, -0.15) is 0 Å². The van der Waals surface area contributed by atoms with Gasteiger partial charge in [0.2, 0.25) is 0 Å². The maximum absolute atomic E-state index is 13.9. The molecule has 2 aliphatic carbocycles. The van der Waals surface area contributed by atoms with Gasteiger partial charge in [-0.25, -0.2) is 0 Å². The number of unbranched alkanes of at least 4 members (excludes halogenated alkanes) is 2. The molecule has 3 aliphatic rings. The van der Waals surface area contributed by atoms with Gasteiger partial charge in [0.1, 0.15) is 0 Å². The highest BCUT2D eigenvalue weighted by Crippen LogP contribution is 2.51. The number of carbonyl (C=O) groups excluding carboxylic acids is 3. The Labute approximate surface area is 195 Å². The summed E-state index contributed by atoms with van der Waals surface area (Å²) in [5.41, 5.74) is -1.40. The molecule has 0 spiro atoms. The van der Waals surface area contributed by atoms with E-state index in [1.807, 2.05) is 13.8 Å². The Morgan fingerprint density at radius 1 is 1.27 bits per heavy atom. The summed E-state index contributed by atoms with van der Waals surface area (Å²) in [5.74, 6) is -5.57. The van der Waals surface area contributed by atoms with Crippen molar-refractivity contribution in [2.24, 2.45) is 35.5 Å². The molecule has 0 radical (unpaired) electrons. The summed E-state index contributed by atoms with van der Waals surface area (Å²) in [7, 11) is 0. The Bertz CT molecular complexity index is 918. The Balaban J connectivity index is 2.02. The van der Waals surface area contributed by atoms with Crippen molar-refractivity contribution in [2.75, 3.05) is 0 Å². The number of imide groups is 1. The first-order valence-corrected chi connectivity index (χ1v) is 12.0. The monoisotopic (exact) mass is 457 g/mol. The lowest BCUT2D eigenvalue weighted by Gasteiger charge is -2.51. The summed E-state index contributed by atoms with van der Waals surface area (Å²) in [4.78, 5) is 51.1. The molecule has 3 rings (SSSR count). The van der Waals surface area contributed by atoms with E-state index in [1.165, 1.54) is 0 Å². The number of carboxylic acid groups (broad SMARTS) is 1. The lowest BCUT2D eigenvalue weighted by atomic mass is 9.55. The summed E-state index contributed by atoms with van der Waals surface area (Å²) in [6.07, 6.45) is 8.79. The van der Waals surface area contributed by atoms with Crippen molar-refractivity contribution in [1.29, 1.82) is 0 Å². The number of allylic oxidation sites excluding steroid dienone is 2. The molecule has 0 saturated heterocycles. The van der Waals surface area contributed by atoms with Crippen LogP contribution in [-0.2, 0) is 19.2 Å². The lowest BCUT2D eigenvalue weighted by Crippen LogP contribution is -2.55. The number of carboxylic acids is 1. The fraction of sp³-hybridized carbons (Fsp3) is 0.615. The molecule has 0 bridgehead atoms. The minimum Gasteiger partial charge on any atom is -0.481 e. The second-order valence-electron chi connectivity index (χ2n) is 9.99. The van der Waals surface area contributed by atoms with Crippen LogP contribution in [-0.4, -0.2) is 39.4 Å². The van der Waals surface area contributed by atoms with Gasteiger partial charge < -0.3 is 10.2 Å². The third-order valence-corrected chi connectivity index (χ3v) is 7.70. The van der Waals surface area contributed by atoms with Crippen molar-refractivity contribution in [1.82, 2.24) is 5.32 Å². The predicted octanol–water partition coefficient (Wildman–Crippen LogP) is 3.19. The maximum Gasteiger partial charge on any atom is 0.306 e. The molecule has 2 amide bonds. The zero-order chi connectivity index (χ0) is 24.5. The summed E-state index contributed by atoms with van der Waals surface area (Å²) in [6, 6.07) is 0. The van der Waals surface area contributed by atoms with E-state index >= 15 is 0 Å². The van der Waals surface area contributed by atoms with E-state index in [-0.39, 0.29) is 29.4 Å². The highest BCUT2D eigenvalue weighted by Gasteiger charge is 2.55. The summed E-state index contributed by atoms with van der Waals surface area (Å²) in [6.45, 7) is 9.61. The molecule has 1 aliphatic heterocycles. The molecule has 3 N–H and O–H groups in total. The van der Waals surface area contributed by atoms with Crippen molar-refractivity contribution < 1.29 is 29.4 Å². The molecule has 1 heterocycles. The predicted molar refractivity (Wildman–Crippen MR) is 123 cm³/mol. The van der Waals surface area contributed by atoms with Gasteiger partial charge >= 0.3 is 5.97 Å². The highest BCUT2D eigenvalue weighted by atomic mass is 16.4. The first kappa shape index (κ1) is 25.1. The second kappa shape index (κ2) is 9.75. The highest BCUT2D eigenvalue weighted by molar-refractivity contribution is 6.33. The zero-order valence-electron chi connectivity index (χ0n) is 19.7. The summed E-state index contributed by atoms with van der Waals surface area (Å²) < 4.78 is 0. The molecule has 7 heteroatoms. The quantitative estimate of drug-likeness (QED) is 0.212. The smallest absolute Gasteiger partial charge is 0.306 e. The Morgan fingerprint density at radius 3 is 2.58 bits per heavy atom. The molecule has 180 valence electrons. The topological polar surface area (TPSA) is 121 Å². The van der Waals surface area contributed by atoms with Crippen molar-refractivity contribution in [3.8, 4) is 0 Å². The standard InChI is InChI=1S/C26H35NO6/c1-5-7-8-9-16(6-2)19-20(24(30)27-23(19)29)22(28)18-14(3)10-11-26(33)13-17(25(31)32)12-15(4)21(18)26/h6,10-11,14-18,21,33H,2,5,7-9,12-13H2,1,3-4H3,(H,31,32)(H,27,29,30). The van der Waals surface area contributed by atoms with Crippen molar-refractivity contribution in [2.45, 2.75) is 64.9 Å². The number of nitrogens with one attached hydrogen (secondary N) is 1. The van der Waals surface area contributed by atoms with Gasteiger partial charge in [-0.3, -0.25) is 24.5 Å². The van der Waals surface area contributed by atoms with Crippen LogP contribution in [0, 0.1) is 35.5 Å². The van der Waals surface area contributed by atoms with E-state index in [0.717, 1.165) is 19.3 Å². The minimum atomic E-state index is -1.45. The van der Waals surface area contributed by atoms with Crippen LogP contribution in [0.25, 0.3) is 0 Å². The Kier molecular flexibility index (Phi) is 7.42. The summed E-state index contributed by atoms with van der Waals surface area (Å²) in [5, 5.41) is 23.3. The SMILES string of the molecule is C=CC(CCCCC)C1=C(C(=O)C2C(C)C=CC3(O)CC(C(=O)O)CC(C)C23)C(=O)NC1=O. The Morgan fingerprint density at radius 2 is 1.97 bits per heavy atom. The minimum absolute atomic E-state index is 0.0215. The molecule has 33 heavy (non-hydrogen) atoms. The van der Waals surface area contributed by atoms with Crippen molar-refractivity contribution in [3.05, 3.63) is 36.0 Å². The molecule has 1 fully saturated rings. The number of hydrogen-bond acceptors (Lipinski definition) is 5. The van der Waals surface area contributed by atoms with Crippen LogP contribution >= 0.6 is 0 Å². The second-order valence-corrected chi connectivity index (χ2v) is 9.99. The number of fused-ring (bicyclic) bond motifs is 1. The van der Waals surface area contributed by atoms with E-state index < -0.39 is 52.8 Å². The van der Waals surface area contributed by atoms with Crippen LogP contribution in [0.1, 0.15) is 59.3 Å². The number of aliphatic hydroxyl groups is 1. The van der Waals surface area contributed by atoms with E-state index in [9.17, 15) is 29.4 Å². The van der Waals surface area contributed by atoms with E-state index in [2.05, 4.69) is 18.8 Å². The number of carbonyl (C=O) groups is 4. The van der Waals surface area contributed by atoms with E-state index in [0.29, 0.717) is 12.8 Å². The fourth-order valence-corrected chi connectivity index (χ4v) is 6.13. The van der Waals surface area contributed by atoms with Crippen LogP contribution in [0.4, 0.5) is 0 Å². The van der Waals surface area contributed by atoms with Crippen LogP contribution in [0.3, 0.4) is 0 Å². The average molecular weight is 458 g/mol. The number of aliphatic carboxylic acids is 1. The normalized spacial score (nSPS) is 34.6. The molecule has 7 unspecified atom stereocenters. The molecular weight excluding hydrogens is 422 g/mol. The van der Waals surface area contributed by atoms with Crippen molar-refractivity contribution >= 4 is 23.6 Å². The summed E-state index contributed by atoms with van der Waals surface area (Å²) >= 11 is 0.